The van der Waals surface area contributed by atoms with Crippen molar-refractivity contribution in [3.05, 3.63) is 72.7 Å². The highest BCUT2D eigenvalue weighted by atomic mass is 32.2. The number of hydrogen-bond donors (Lipinski definition) is 3. The molecule has 3 N–H and O–H groups in total. The van der Waals surface area contributed by atoms with E-state index in [1.165, 1.54) is 29.3 Å². The number of nitrogens with one attached hydrogen (secondary N) is 2. The molecule has 310 valence electrons. The van der Waals surface area contributed by atoms with E-state index in [0.29, 0.717) is 49.8 Å². The minimum absolute atomic E-state index is 0.0164. The number of amides is 4. The number of ether oxygens (including phenoxy) is 2. The number of nitrogens with zero attached hydrogens (tertiary/aromatic N) is 3. The van der Waals surface area contributed by atoms with Crippen molar-refractivity contribution in [3.8, 4) is 11.6 Å². The number of hydrogen-bond acceptors (Lipinski definition) is 9. The molecule has 3 aromatic rings. The average molecular weight is 820 g/mol. The van der Waals surface area contributed by atoms with Crippen molar-refractivity contribution in [3.63, 3.8) is 0 Å². The molecule has 1 saturated heterocycles. The highest BCUT2D eigenvalue weighted by molar-refractivity contribution is 7.91. The van der Waals surface area contributed by atoms with Crippen LogP contribution in [-0.2, 0) is 24.4 Å². The molecular weight excluding hydrogens is 770 g/mol. The van der Waals surface area contributed by atoms with Crippen LogP contribution in [0.3, 0.4) is 0 Å². The predicted octanol–water partition coefficient (Wildman–Crippen LogP) is 5.56. The second kappa shape index (κ2) is 15.8. The minimum Gasteiger partial charge on any atom is -0.492 e. The van der Waals surface area contributed by atoms with Gasteiger partial charge in [0.1, 0.15) is 35.3 Å². The van der Waals surface area contributed by atoms with Crippen molar-refractivity contribution in [1.82, 2.24) is 19.9 Å². The van der Waals surface area contributed by atoms with Gasteiger partial charge in [-0.15, -0.1) is 0 Å². The van der Waals surface area contributed by atoms with Crippen LogP contribution in [0.15, 0.2) is 66.9 Å². The summed E-state index contributed by atoms with van der Waals surface area (Å²) < 4.78 is 55.3. The van der Waals surface area contributed by atoms with Crippen molar-refractivity contribution in [2.45, 2.75) is 101 Å². The van der Waals surface area contributed by atoms with Crippen LogP contribution in [0.25, 0.3) is 10.8 Å². The molecule has 7 rings (SSSR count). The summed E-state index contributed by atoms with van der Waals surface area (Å²) in [6.07, 6.45) is 5.30. The fourth-order valence-corrected chi connectivity index (χ4v) is 9.74. The van der Waals surface area contributed by atoms with Gasteiger partial charge in [0.05, 0.1) is 29.8 Å². The molecule has 7 atom stereocenters. The minimum atomic E-state index is -4.06. The Balaban J connectivity index is 1.29. The fourth-order valence-electron chi connectivity index (χ4n) is 8.42. The van der Waals surface area contributed by atoms with E-state index in [1.54, 1.807) is 13.8 Å². The molecule has 3 heterocycles. The van der Waals surface area contributed by atoms with Crippen LogP contribution in [0.2, 0.25) is 0 Å². The van der Waals surface area contributed by atoms with Crippen molar-refractivity contribution < 1.29 is 46.6 Å². The van der Waals surface area contributed by atoms with Gasteiger partial charge in [-0.3, -0.25) is 24.0 Å². The lowest BCUT2D eigenvalue weighted by Gasteiger charge is -2.37. The standard InChI is InChI=1S/C42H50FN5O9S/c1-5-56-34-23-44-37(30-15-9-8-14-29(30)34)57-28-21-33-36(49)45-42(39(51)46-58(54,55)41(4)18-19-41)22-27(42)13-7-6-12-25(2)20-26(3)35(38(50)47(33)24-28)48(40(52)53)32-17-11-10-16-31(32)43/h7-11,13-17,23,25-28,33,35H,5-6,12,18-22,24H2,1-4H3,(H,45,49)(H,46,51)(H,52,53)/t25-,26-,27-,28-,33+,35+,42-/m1/s1. The SMILES string of the molecule is CCOc1cnc(O[C@@H]2C[C@H]3C(=O)N[C@]4(C(=O)NS(=O)(=O)C5(C)CC5)C[C@H]4C=CCC[C@@H](C)C[C@@H](C)[C@H](N(C(=O)O)c4ccccc4F)C(=O)N3C2)c2ccccc12. The van der Waals surface area contributed by atoms with E-state index in [1.807, 2.05) is 50.3 Å². The van der Waals surface area contributed by atoms with E-state index in [2.05, 4.69) is 15.0 Å². The third kappa shape index (κ3) is 7.82. The first kappa shape index (κ1) is 40.9. The molecule has 2 saturated carbocycles. The summed E-state index contributed by atoms with van der Waals surface area (Å²) in [6.45, 7) is 7.37. The molecule has 58 heavy (non-hydrogen) atoms. The molecule has 14 nitrogen and oxygen atoms in total. The lowest BCUT2D eigenvalue weighted by molar-refractivity contribution is -0.141. The molecule has 0 radical (unpaired) electrons. The highest BCUT2D eigenvalue weighted by Gasteiger charge is 2.63. The number of rotatable bonds is 9. The molecule has 4 aliphatic rings. The Kier molecular flexibility index (Phi) is 11.2. The van der Waals surface area contributed by atoms with E-state index < -0.39 is 80.0 Å². The first-order chi connectivity index (χ1) is 27.6. The Morgan fingerprint density at radius 2 is 1.79 bits per heavy atom. The van der Waals surface area contributed by atoms with Crippen LogP contribution in [0.5, 0.6) is 11.6 Å². The smallest absolute Gasteiger partial charge is 0.412 e. The Bertz CT molecular complexity index is 2250. The Labute approximate surface area is 337 Å². The van der Waals surface area contributed by atoms with Gasteiger partial charge in [0, 0.05) is 23.1 Å². The maximum Gasteiger partial charge on any atom is 0.412 e. The molecule has 1 aromatic heterocycles. The summed E-state index contributed by atoms with van der Waals surface area (Å²) in [4.78, 5) is 63.4. The molecule has 2 aliphatic carbocycles. The average Bonchev–Trinajstić information content (AvgIpc) is 4.06. The van der Waals surface area contributed by atoms with Crippen LogP contribution in [-0.4, -0.2) is 88.8 Å². The van der Waals surface area contributed by atoms with E-state index in [9.17, 15) is 27.9 Å². The number of anilines is 1. The van der Waals surface area contributed by atoms with Crippen molar-refractivity contribution in [2.75, 3.05) is 18.1 Å². The number of benzene rings is 2. The van der Waals surface area contributed by atoms with Gasteiger partial charge in [0.15, 0.2) is 0 Å². The van der Waals surface area contributed by atoms with Gasteiger partial charge in [-0.05, 0) is 82.4 Å². The van der Waals surface area contributed by atoms with Gasteiger partial charge < -0.3 is 24.8 Å². The lowest BCUT2D eigenvalue weighted by atomic mass is 9.87. The summed E-state index contributed by atoms with van der Waals surface area (Å²) in [5, 5.41) is 14.9. The Morgan fingerprint density at radius 3 is 2.48 bits per heavy atom. The van der Waals surface area contributed by atoms with E-state index in [4.69, 9.17) is 9.47 Å². The van der Waals surface area contributed by atoms with Gasteiger partial charge >= 0.3 is 6.09 Å². The first-order valence-corrected chi connectivity index (χ1v) is 21.4. The van der Waals surface area contributed by atoms with Gasteiger partial charge in [-0.1, -0.05) is 56.3 Å². The maximum atomic E-state index is 15.5. The van der Waals surface area contributed by atoms with Crippen molar-refractivity contribution >= 4 is 50.3 Å². The topological polar surface area (TPSA) is 185 Å². The number of para-hydroxylation sites is 1. The summed E-state index contributed by atoms with van der Waals surface area (Å²) >= 11 is 0. The molecule has 3 fully saturated rings. The zero-order valence-electron chi connectivity index (χ0n) is 33.0. The Hall–Kier alpha value is -5.25. The molecule has 0 bridgehead atoms. The number of sulfonamides is 1. The largest absolute Gasteiger partial charge is 0.492 e. The molecule has 2 aliphatic heterocycles. The number of carbonyl (C=O) groups excluding carboxylic acids is 3. The predicted molar refractivity (Wildman–Crippen MR) is 213 cm³/mol. The molecular formula is C42H50FN5O9S. The van der Waals surface area contributed by atoms with Crippen LogP contribution in [0, 0.1) is 23.6 Å². The monoisotopic (exact) mass is 819 g/mol. The molecule has 0 spiro atoms. The summed E-state index contributed by atoms with van der Waals surface area (Å²) in [5.41, 5.74) is -1.93. The van der Waals surface area contributed by atoms with Crippen LogP contribution in [0.4, 0.5) is 14.9 Å². The van der Waals surface area contributed by atoms with Crippen LogP contribution < -0.4 is 24.4 Å². The number of pyridine rings is 1. The zero-order chi connectivity index (χ0) is 41.6. The highest BCUT2D eigenvalue weighted by Crippen LogP contribution is 2.48. The van der Waals surface area contributed by atoms with Gasteiger partial charge in [-0.2, -0.15) is 0 Å². The molecule has 16 heteroatoms. The first-order valence-electron chi connectivity index (χ1n) is 19.9. The lowest BCUT2D eigenvalue weighted by Crippen LogP contribution is -2.60. The number of fused-ring (bicyclic) bond motifs is 3. The summed E-state index contributed by atoms with van der Waals surface area (Å²) in [6, 6.07) is 9.87. The molecule has 4 amide bonds. The van der Waals surface area contributed by atoms with Crippen molar-refractivity contribution in [1.29, 1.82) is 0 Å². The number of halogens is 1. The van der Waals surface area contributed by atoms with Gasteiger partial charge in [0.25, 0.3) is 5.91 Å². The van der Waals surface area contributed by atoms with E-state index >= 15 is 9.18 Å². The Morgan fingerprint density at radius 1 is 1.09 bits per heavy atom. The van der Waals surface area contributed by atoms with E-state index in [0.717, 1.165) is 16.4 Å². The normalized spacial score (nSPS) is 28.3. The quantitative estimate of drug-likeness (QED) is 0.231. The summed E-state index contributed by atoms with van der Waals surface area (Å²) in [7, 11) is -4.06. The maximum absolute atomic E-state index is 15.5. The fraction of sp³-hybridized carbons (Fsp3) is 0.500. The number of allylic oxidation sites excluding steroid dienone is 1. The molecule has 0 unspecified atom stereocenters. The van der Waals surface area contributed by atoms with Crippen molar-refractivity contribution in [2.24, 2.45) is 17.8 Å². The van der Waals surface area contributed by atoms with E-state index in [-0.39, 0.29) is 36.9 Å². The third-order valence-corrected chi connectivity index (χ3v) is 14.3. The second-order valence-corrected chi connectivity index (χ2v) is 18.6. The number of carbonyl (C=O) groups is 4. The zero-order valence-corrected chi connectivity index (χ0v) is 33.8. The number of aromatic nitrogens is 1. The molecule has 2 aromatic carbocycles. The number of carboxylic acid groups (broad SMARTS) is 1. The van der Waals surface area contributed by atoms with Gasteiger partial charge in [-0.25, -0.2) is 22.6 Å². The van der Waals surface area contributed by atoms with Gasteiger partial charge in [0.2, 0.25) is 27.7 Å². The van der Waals surface area contributed by atoms with Crippen LogP contribution in [0.1, 0.15) is 72.6 Å². The third-order valence-electron chi connectivity index (χ3n) is 12.1. The summed E-state index contributed by atoms with van der Waals surface area (Å²) in [5.74, 6) is -3.61. The second-order valence-electron chi connectivity index (χ2n) is 16.4. The van der Waals surface area contributed by atoms with Crippen LogP contribution >= 0.6 is 0 Å².